The van der Waals surface area contributed by atoms with Gasteiger partial charge < -0.3 is 10.2 Å². The van der Waals surface area contributed by atoms with Crippen LogP contribution in [0.3, 0.4) is 0 Å². The molecule has 0 aromatic rings. The summed E-state index contributed by atoms with van der Waals surface area (Å²) in [6, 6.07) is 0. The second kappa shape index (κ2) is 2.67. The van der Waals surface area contributed by atoms with Crippen LogP contribution in [0.25, 0.3) is 0 Å². The molecule has 2 N–H and O–H groups in total. The van der Waals surface area contributed by atoms with Crippen molar-refractivity contribution in [1.29, 1.82) is 0 Å². The van der Waals surface area contributed by atoms with Gasteiger partial charge in [-0.1, -0.05) is 12.8 Å². The van der Waals surface area contributed by atoms with Crippen LogP contribution in [0.2, 0.25) is 0 Å². The molecule has 0 aromatic carbocycles. The predicted molar refractivity (Wildman–Crippen MR) is 35.1 cm³/mol. The average molecular weight is 130 g/mol. The second-order valence-electron chi connectivity index (χ2n) is 3.02. The zero-order valence-electron chi connectivity index (χ0n) is 5.64. The molecule has 0 saturated heterocycles. The third-order valence-corrected chi connectivity index (χ3v) is 2.34. The van der Waals surface area contributed by atoms with Gasteiger partial charge in [0.1, 0.15) is 0 Å². The van der Waals surface area contributed by atoms with Crippen LogP contribution in [0.1, 0.15) is 25.7 Å². The molecule has 0 amide bonds. The molecule has 1 fully saturated rings. The van der Waals surface area contributed by atoms with E-state index in [1.165, 1.54) is 12.8 Å². The topological polar surface area (TPSA) is 40.5 Å². The molecule has 0 atom stereocenters. The summed E-state index contributed by atoms with van der Waals surface area (Å²) in [5, 5.41) is 17.7. The first kappa shape index (κ1) is 7.03. The highest BCUT2D eigenvalue weighted by molar-refractivity contribution is 4.82. The Morgan fingerprint density at radius 2 is 1.44 bits per heavy atom. The van der Waals surface area contributed by atoms with Gasteiger partial charge in [-0.25, -0.2) is 0 Å². The van der Waals surface area contributed by atoms with E-state index < -0.39 is 0 Å². The second-order valence-corrected chi connectivity index (χ2v) is 3.02. The molecule has 0 radical (unpaired) electrons. The minimum absolute atomic E-state index is 0.111. The van der Waals surface area contributed by atoms with E-state index in [-0.39, 0.29) is 18.6 Å². The van der Waals surface area contributed by atoms with Crippen molar-refractivity contribution < 1.29 is 10.2 Å². The van der Waals surface area contributed by atoms with E-state index in [1.54, 1.807) is 0 Å². The highest BCUT2D eigenvalue weighted by Crippen LogP contribution is 2.36. The number of hydrogen-bond donors (Lipinski definition) is 2. The molecule has 1 saturated carbocycles. The third kappa shape index (κ3) is 1.25. The van der Waals surface area contributed by atoms with E-state index >= 15 is 0 Å². The molecule has 1 rings (SSSR count). The van der Waals surface area contributed by atoms with Gasteiger partial charge in [-0.2, -0.15) is 0 Å². The molecule has 1 aliphatic carbocycles. The predicted octanol–water partition coefficient (Wildman–Crippen LogP) is 0.531. The van der Waals surface area contributed by atoms with Crippen molar-refractivity contribution in [3.8, 4) is 0 Å². The van der Waals surface area contributed by atoms with Crippen molar-refractivity contribution in [3.63, 3.8) is 0 Å². The molecule has 9 heavy (non-hydrogen) atoms. The minimum atomic E-state index is -0.111. The third-order valence-electron chi connectivity index (χ3n) is 2.34. The van der Waals surface area contributed by atoms with Crippen LogP contribution in [0, 0.1) is 5.41 Å². The largest absolute Gasteiger partial charge is 0.396 e. The van der Waals surface area contributed by atoms with Gasteiger partial charge in [0.25, 0.3) is 0 Å². The van der Waals surface area contributed by atoms with Gasteiger partial charge in [0.05, 0.1) is 13.2 Å². The standard InChI is InChI=1S/C7H14O2/c8-5-7(6-9)3-1-2-4-7/h8-9H,1-6H2. The molecular weight excluding hydrogens is 116 g/mol. The Labute approximate surface area is 55.5 Å². The summed E-state index contributed by atoms with van der Waals surface area (Å²) in [7, 11) is 0. The first-order valence-electron chi connectivity index (χ1n) is 3.55. The quantitative estimate of drug-likeness (QED) is 0.572. The maximum atomic E-state index is 8.86. The Kier molecular flexibility index (Phi) is 2.09. The van der Waals surface area contributed by atoms with Crippen molar-refractivity contribution >= 4 is 0 Å². The fourth-order valence-electron chi connectivity index (χ4n) is 1.49. The van der Waals surface area contributed by atoms with Gasteiger partial charge in [-0.3, -0.25) is 0 Å². The van der Waals surface area contributed by atoms with E-state index in [9.17, 15) is 0 Å². The highest BCUT2D eigenvalue weighted by atomic mass is 16.3. The van der Waals surface area contributed by atoms with Crippen LogP contribution in [0.5, 0.6) is 0 Å². The lowest BCUT2D eigenvalue weighted by Gasteiger charge is -2.22. The van der Waals surface area contributed by atoms with Crippen LogP contribution >= 0.6 is 0 Å². The number of aliphatic hydroxyl groups is 2. The summed E-state index contributed by atoms with van der Waals surface area (Å²) in [5.41, 5.74) is -0.111. The van der Waals surface area contributed by atoms with Gasteiger partial charge >= 0.3 is 0 Å². The Bertz CT molecular complexity index is 78.9. The van der Waals surface area contributed by atoms with Crippen molar-refractivity contribution in [1.82, 2.24) is 0 Å². The Morgan fingerprint density at radius 3 is 1.67 bits per heavy atom. The number of hydrogen-bond acceptors (Lipinski definition) is 2. The lowest BCUT2D eigenvalue weighted by Crippen LogP contribution is -2.25. The normalized spacial score (nSPS) is 24.7. The lowest BCUT2D eigenvalue weighted by molar-refractivity contribution is 0.0606. The summed E-state index contributed by atoms with van der Waals surface area (Å²) < 4.78 is 0. The molecule has 0 bridgehead atoms. The van der Waals surface area contributed by atoms with E-state index in [4.69, 9.17) is 10.2 Å². The Balaban J connectivity index is 2.45. The van der Waals surface area contributed by atoms with Crippen LogP contribution in [-0.4, -0.2) is 23.4 Å². The molecule has 2 heteroatoms. The van der Waals surface area contributed by atoms with Crippen LogP contribution in [-0.2, 0) is 0 Å². The molecule has 0 heterocycles. The monoisotopic (exact) mass is 130 g/mol. The maximum absolute atomic E-state index is 8.86. The summed E-state index contributed by atoms with van der Waals surface area (Å²) in [4.78, 5) is 0. The van der Waals surface area contributed by atoms with E-state index in [0.717, 1.165) is 12.8 Å². The first-order valence-corrected chi connectivity index (χ1v) is 3.55. The van der Waals surface area contributed by atoms with Crippen LogP contribution in [0.15, 0.2) is 0 Å². The first-order chi connectivity index (χ1) is 4.33. The summed E-state index contributed by atoms with van der Waals surface area (Å²) >= 11 is 0. The Morgan fingerprint density at radius 1 is 1.00 bits per heavy atom. The fraction of sp³-hybridized carbons (Fsp3) is 1.00. The van der Waals surface area contributed by atoms with Crippen molar-refractivity contribution in [3.05, 3.63) is 0 Å². The summed E-state index contributed by atoms with van der Waals surface area (Å²) in [6.45, 7) is 0.312. The molecule has 1 aliphatic rings. The van der Waals surface area contributed by atoms with Crippen molar-refractivity contribution in [2.45, 2.75) is 25.7 Å². The zero-order valence-corrected chi connectivity index (χ0v) is 5.64. The fourth-order valence-corrected chi connectivity index (χ4v) is 1.49. The van der Waals surface area contributed by atoms with E-state index in [0.29, 0.717) is 0 Å². The molecule has 54 valence electrons. The van der Waals surface area contributed by atoms with E-state index in [2.05, 4.69) is 0 Å². The lowest BCUT2D eigenvalue weighted by atomic mass is 9.89. The van der Waals surface area contributed by atoms with Gasteiger partial charge in [0, 0.05) is 5.41 Å². The average Bonchev–Trinajstić information content (AvgIpc) is 2.36. The minimum Gasteiger partial charge on any atom is -0.396 e. The highest BCUT2D eigenvalue weighted by Gasteiger charge is 2.31. The summed E-state index contributed by atoms with van der Waals surface area (Å²) in [6.07, 6.45) is 4.34. The van der Waals surface area contributed by atoms with Crippen molar-refractivity contribution in [2.75, 3.05) is 13.2 Å². The van der Waals surface area contributed by atoms with Crippen LogP contribution in [0.4, 0.5) is 0 Å². The van der Waals surface area contributed by atoms with E-state index in [1.807, 2.05) is 0 Å². The molecule has 0 aromatic heterocycles. The number of aliphatic hydroxyl groups excluding tert-OH is 2. The molecule has 0 unspecified atom stereocenters. The van der Waals surface area contributed by atoms with Gasteiger partial charge in [-0.05, 0) is 12.8 Å². The van der Waals surface area contributed by atoms with Gasteiger partial charge in [0.2, 0.25) is 0 Å². The SMILES string of the molecule is OCC1(CO)CCCC1. The zero-order chi connectivity index (χ0) is 6.74. The molecule has 2 nitrogen and oxygen atoms in total. The molecule has 0 spiro atoms. The molecule has 0 aliphatic heterocycles. The smallest absolute Gasteiger partial charge is 0.0509 e. The molecular formula is C7H14O2. The maximum Gasteiger partial charge on any atom is 0.0509 e. The van der Waals surface area contributed by atoms with Gasteiger partial charge in [0.15, 0.2) is 0 Å². The van der Waals surface area contributed by atoms with Crippen molar-refractivity contribution in [2.24, 2.45) is 5.41 Å². The summed E-state index contributed by atoms with van der Waals surface area (Å²) in [5.74, 6) is 0. The van der Waals surface area contributed by atoms with Gasteiger partial charge in [-0.15, -0.1) is 0 Å². The number of rotatable bonds is 2. The van der Waals surface area contributed by atoms with Crippen LogP contribution < -0.4 is 0 Å². The Hall–Kier alpha value is -0.0800.